The quantitative estimate of drug-likeness (QED) is 0.420. The third-order valence-corrected chi connectivity index (χ3v) is 6.21. The average molecular weight is 386 g/mol. The van der Waals surface area contributed by atoms with Crippen molar-refractivity contribution in [1.82, 2.24) is 4.31 Å². The molecule has 1 amide bonds. The maximum atomic E-state index is 12.1. The summed E-state index contributed by atoms with van der Waals surface area (Å²) in [7, 11) is -8.48. The van der Waals surface area contributed by atoms with Gasteiger partial charge in [-0.05, 0) is 27.2 Å². The molecule has 10 nitrogen and oxygen atoms in total. The molecule has 12 heteroatoms. The fraction of sp³-hybridized carbons (Fsp3) is 0.833. The van der Waals surface area contributed by atoms with E-state index in [0.29, 0.717) is 4.31 Å². The van der Waals surface area contributed by atoms with Crippen LogP contribution in [0.25, 0.3) is 0 Å². The molecule has 0 aromatic heterocycles. The van der Waals surface area contributed by atoms with Crippen molar-refractivity contribution in [3.05, 3.63) is 0 Å². The lowest BCUT2D eigenvalue weighted by atomic mass is 10.0. The standard InChI is InChI=1S/C12H22N2O8S2/c1-5-6-23(17,18)21-9(15)7-12(3,4)22-24(19,20)14-8(2)10(13)11(14)16/h8,10H,5-7,13H2,1-4H3. The molecule has 0 aromatic rings. The van der Waals surface area contributed by atoms with Crippen LogP contribution in [0.15, 0.2) is 0 Å². The summed E-state index contributed by atoms with van der Waals surface area (Å²) in [6.45, 7) is 5.55. The average Bonchev–Trinajstić information content (AvgIpc) is 2.34. The van der Waals surface area contributed by atoms with Gasteiger partial charge < -0.3 is 9.92 Å². The van der Waals surface area contributed by atoms with Crippen molar-refractivity contribution >= 4 is 32.3 Å². The van der Waals surface area contributed by atoms with Crippen LogP contribution in [0, 0.1) is 0 Å². The number of β-lactam (4-membered cyclic amide) rings is 1. The van der Waals surface area contributed by atoms with Gasteiger partial charge in [-0.1, -0.05) is 6.92 Å². The van der Waals surface area contributed by atoms with Crippen molar-refractivity contribution in [3.8, 4) is 0 Å². The zero-order valence-corrected chi connectivity index (χ0v) is 15.5. The Kier molecular flexibility index (Phi) is 6.02. The van der Waals surface area contributed by atoms with Gasteiger partial charge in [0.25, 0.3) is 5.91 Å². The van der Waals surface area contributed by atoms with E-state index in [1.54, 1.807) is 6.92 Å². The summed E-state index contributed by atoms with van der Waals surface area (Å²) in [5.74, 6) is -2.30. The molecular weight excluding hydrogens is 364 g/mol. The second kappa shape index (κ2) is 6.94. The minimum Gasteiger partial charge on any atom is -0.346 e. The lowest BCUT2D eigenvalue weighted by Crippen LogP contribution is -2.69. The molecule has 0 bridgehead atoms. The van der Waals surface area contributed by atoms with E-state index in [2.05, 4.69) is 4.18 Å². The Morgan fingerprint density at radius 1 is 1.29 bits per heavy atom. The first-order valence-electron chi connectivity index (χ1n) is 7.22. The second-order valence-corrected chi connectivity index (χ2v) is 9.20. The highest BCUT2D eigenvalue weighted by Crippen LogP contribution is 2.28. The van der Waals surface area contributed by atoms with Gasteiger partial charge in [-0.15, -0.1) is 0 Å². The topological polar surface area (TPSA) is 150 Å². The molecule has 2 N–H and O–H groups in total. The zero-order valence-electron chi connectivity index (χ0n) is 13.9. The normalized spacial score (nSPS) is 22.2. The van der Waals surface area contributed by atoms with Crippen molar-refractivity contribution in [1.29, 1.82) is 0 Å². The SMILES string of the molecule is CCCS(=O)(=O)OC(=O)CC(C)(C)OS(=O)(=O)N1C(=O)C(N)C1C. The fourth-order valence-electron chi connectivity index (χ4n) is 2.10. The van der Waals surface area contributed by atoms with E-state index in [1.807, 2.05) is 0 Å². The number of carbonyl (C=O) groups excluding carboxylic acids is 2. The van der Waals surface area contributed by atoms with Crippen molar-refractivity contribution < 1.29 is 34.8 Å². The lowest BCUT2D eigenvalue weighted by molar-refractivity contribution is -0.140. The summed E-state index contributed by atoms with van der Waals surface area (Å²) >= 11 is 0. The monoisotopic (exact) mass is 386 g/mol. The van der Waals surface area contributed by atoms with Crippen molar-refractivity contribution in [2.24, 2.45) is 5.73 Å². The molecule has 24 heavy (non-hydrogen) atoms. The highest BCUT2D eigenvalue weighted by molar-refractivity contribution is 7.87. The summed E-state index contributed by atoms with van der Waals surface area (Å²) in [6.07, 6.45) is -0.378. The van der Waals surface area contributed by atoms with Gasteiger partial charge in [-0.2, -0.15) is 16.8 Å². The van der Waals surface area contributed by atoms with Gasteiger partial charge in [-0.25, -0.2) is 8.49 Å². The molecule has 0 saturated carbocycles. The van der Waals surface area contributed by atoms with Crippen LogP contribution in [0.2, 0.25) is 0 Å². The molecule has 2 atom stereocenters. The van der Waals surface area contributed by atoms with Crippen molar-refractivity contribution in [3.63, 3.8) is 0 Å². The van der Waals surface area contributed by atoms with Gasteiger partial charge in [0, 0.05) is 0 Å². The number of amides is 1. The van der Waals surface area contributed by atoms with E-state index in [4.69, 9.17) is 9.92 Å². The minimum atomic E-state index is -4.47. The summed E-state index contributed by atoms with van der Waals surface area (Å²) in [6, 6.07) is -1.70. The first-order valence-corrected chi connectivity index (χ1v) is 10.2. The van der Waals surface area contributed by atoms with Gasteiger partial charge in [0.2, 0.25) is 0 Å². The largest absolute Gasteiger partial charge is 0.365 e. The van der Waals surface area contributed by atoms with Crippen LogP contribution >= 0.6 is 0 Å². The molecule has 0 aromatic carbocycles. The van der Waals surface area contributed by atoms with Gasteiger partial charge in [0.15, 0.2) is 0 Å². The molecule has 1 rings (SSSR count). The maximum Gasteiger partial charge on any atom is 0.365 e. The second-order valence-electron chi connectivity index (χ2n) is 6.10. The Labute approximate surface area is 141 Å². The molecule has 140 valence electrons. The van der Waals surface area contributed by atoms with E-state index in [-0.39, 0.29) is 12.2 Å². The Bertz CT molecular complexity index is 713. The summed E-state index contributed by atoms with van der Waals surface area (Å²) in [5.41, 5.74) is 3.83. The first-order chi connectivity index (χ1) is 10.7. The molecule has 0 radical (unpaired) electrons. The molecule has 1 aliphatic heterocycles. The Morgan fingerprint density at radius 3 is 2.29 bits per heavy atom. The highest BCUT2D eigenvalue weighted by atomic mass is 32.2. The van der Waals surface area contributed by atoms with Gasteiger partial charge >= 0.3 is 26.4 Å². The molecule has 1 saturated heterocycles. The summed E-state index contributed by atoms with van der Waals surface area (Å²) in [5, 5.41) is 0. The highest BCUT2D eigenvalue weighted by Gasteiger charge is 2.51. The summed E-state index contributed by atoms with van der Waals surface area (Å²) < 4.78 is 56.8. The van der Waals surface area contributed by atoms with Crippen LogP contribution < -0.4 is 5.73 Å². The van der Waals surface area contributed by atoms with Crippen molar-refractivity contribution in [2.75, 3.05) is 5.75 Å². The molecule has 1 heterocycles. The smallest absolute Gasteiger partial charge is 0.346 e. The van der Waals surface area contributed by atoms with E-state index in [1.165, 1.54) is 20.8 Å². The predicted octanol–water partition coefficient (Wildman–Crippen LogP) is -0.742. The number of rotatable bonds is 8. The summed E-state index contributed by atoms with van der Waals surface area (Å²) in [4.78, 5) is 23.2. The third-order valence-electron chi connectivity index (χ3n) is 3.21. The molecule has 1 fully saturated rings. The van der Waals surface area contributed by atoms with Gasteiger partial charge in [0.05, 0.1) is 23.8 Å². The molecule has 1 aliphatic rings. The number of nitrogens with two attached hydrogens (primary N) is 1. The molecule has 2 unspecified atom stereocenters. The molecule has 0 aliphatic carbocycles. The predicted molar refractivity (Wildman–Crippen MR) is 83.2 cm³/mol. The van der Waals surface area contributed by atoms with Gasteiger partial charge in [-0.3, -0.25) is 9.59 Å². The number of hydrogen-bond acceptors (Lipinski definition) is 9. The fourth-order valence-corrected chi connectivity index (χ4v) is 4.61. The molecule has 0 spiro atoms. The van der Waals surface area contributed by atoms with E-state index < -0.39 is 56.4 Å². The van der Waals surface area contributed by atoms with Crippen LogP contribution in [0.3, 0.4) is 0 Å². The van der Waals surface area contributed by atoms with Crippen LogP contribution in [-0.4, -0.2) is 56.5 Å². The zero-order chi connectivity index (χ0) is 18.9. The lowest BCUT2D eigenvalue weighted by Gasteiger charge is -2.42. The first kappa shape index (κ1) is 20.8. The number of carbonyl (C=O) groups is 2. The van der Waals surface area contributed by atoms with Gasteiger partial charge in [0.1, 0.15) is 6.04 Å². The minimum absolute atomic E-state index is 0.263. The Hall–Kier alpha value is -1.24. The number of nitrogens with zero attached hydrogens (tertiary/aromatic N) is 1. The Balaban J connectivity index is 2.76. The third kappa shape index (κ3) is 4.88. The maximum absolute atomic E-state index is 12.1. The van der Waals surface area contributed by atoms with E-state index in [0.717, 1.165) is 0 Å². The van der Waals surface area contributed by atoms with Crippen molar-refractivity contribution in [2.45, 2.75) is 58.2 Å². The van der Waals surface area contributed by atoms with E-state index >= 15 is 0 Å². The van der Waals surface area contributed by atoms with Crippen LogP contribution in [-0.2, 0) is 38.4 Å². The van der Waals surface area contributed by atoms with Crippen LogP contribution in [0.1, 0.15) is 40.5 Å². The number of hydrogen-bond donors (Lipinski definition) is 1. The van der Waals surface area contributed by atoms with Crippen LogP contribution in [0.4, 0.5) is 0 Å². The van der Waals surface area contributed by atoms with E-state index in [9.17, 15) is 26.4 Å². The van der Waals surface area contributed by atoms with Crippen LogP contribution in [0.5, 0.6) is 0 Å². The molecular formula is C12H22N2O8S2. The Morgan fingerprint density at radius 2 is 1.83 bits per heavy atom.